The number of aryl methyl sites for hydroxylation is 2. The van der Waals surface area contributed by atoms with Gasteiger partial charge in [-0.1, -0.05) is 12.1 Å². The average Bonchev–Trinajstić information content (AvgIpc) is 3.17. The first kappa shape index (κ1) is 20.7. The van der Waals surface area contributed by atoms with Gasteiger partial charge in [0.25, 0.3) is 0 Å². The van der Waals surface area contributed by atoms with Crippen LogP contribution in [0.1, 0.15) is 21.8 Å². The van der Waals surface area contributed by atoms with Crippen LogP contribution in [-0.2, 0) is 13.0 Å². The first-order chi connectivity index (χ1) is 12.1. The molecule has 2 N–H and O–H groups in total. The maximum Gasteiger partial charge on any atom is 0.193 e. The molecule has 140 valence electrons. The van der Waals surface area contributed by atoms with Crippen LogP contribution in [0.4, 0.5) is 0 Å². The number of benzene rings is 1. The summed E-state index contributed by atoms with van der Waals surface area (Å²) in [6, 6.07) is 6.55. The van der Waals surface area contributed by atoms with Crippen molar-refractivity contribution in [3.63, 3.8) is 0 Å². The predicted molar refractivity (Wildman–Crippen MR) is 122 cm³/mol. The minimum Gasteiger partial charge on any atom is -0.361 e. The van der Waals surface area contributed by atoms with Gasteiger partial charge in [-0.05, 0) is 37.5 Å². The number of halogens is 1. The number of H-pyrrole nitrogens is 1. The number of hydrogen-bond donors (Lipinski definition) is 2. The summed E-state index contributed by atoms with van der Waals surface area (Å²) in [5.41, 5.74) is 4.89. The average molecular weight is 483 g/mol. The lowest BCUT2D eigenvalue weighted by atomic mass is 10.1. The van der Waals surface area contributed by atoms with Crippen molar-refractivity contribution in [2.24, 2.45) is 4.99 Å². The standard InChI is InChI=1S/C19H25N5S.HI/c1-13-5-6-17-15(10-22-18(17)9-13)7-8-21-19(20-3)24(4)11-16-12-25-14(2)23-16;/h5-6,9-10,12,22H,7-8,11H2,1-4H3,(H,20,21);1H. The number of guanidine groups is 1. The molecule has 0 saturated heterocycles. The maximum absolute atomic E-state index is 4.52. The van der Waals surface area contributed by atoms with Gasteiger partial charge in [0.15, 0.2) is 5.96 Å². The Bertz CT molecular complexity index is 883. The molecule has 0 saturated carbocycles. The van der Waals surface area contributed by atoms with E-state index in [2.05, 4.69) is 61.9 Å². The summed E-state index contributed by atoms with van der Waals surface area (Å²) in [5.74, 6) is 0.890. The Hall–Kier alpha value is -1.61. The number of thiazole rings is 1. The molecule has 0 unspecified atom stereocenters. The van der Waals surface area contributed by atoms with Crippen molar-refractivity contribution in [3.05, 3.63) is 51.6 Å². The number of aromatic amines is 1. The van der Waals surface area contributed by atoms with Crippen LogP contribution in [0.3, 0.4) is 0 Å². The quantitative estimate of drug-likeness (QED) is 0.326. The van der Waals surface area contributed by atoms with E-state index < -0.39 is 0 Å². The van der Waals surface area contributed by atoms with Crippen molar-refractivity contribution in [2.45, 2.75) is 26.8 Å². The van der Waals surface area contributed by atoms with Gasteiger partial charge in [-0.2, -0.15) is 0 Å². The Balaban J connectivity index is 0.00000243. The van der Waals surface area contributed by atoms with E-state index in [-0.39, 0.29) is 24.0 Å². The van der Waals surface area contributed by atoms with E-state index >= 15 is 0 Å². The normalized spacial score (nSPS) is 11.5. The molecule has 0 bridgehead atoms. The monoisotopic (exact) mass is 483 g/mol. The predicted octanol–water partition coefficient (Wildman–Crippen LogP) is 4.11. The lowest BCUT2D eigenvalue weighted by Crippen LogP contribution is -2.39. The summed E-state index contributed by atoms with van der Waals surface area (Å²) in [4.78, 5) is 14.4. The van der Waals surface area contributed by atoms with E-state index in [1.54, 1.807) is 11.3 Å². The van der Waals surface area contributed by atoms with Gasteiger partial charge in [-0.15, -0.1) is 35.3 Å². The molecule has 2 aromatic heterocycles. The smallest absolute Gasteiger partial charge is 0.193 e. The van der Waals surface area contributed by atoms with E-state index in [0.717, 1.165) is 36.2 Å². The van der Waals surface area contributed by atoms with Gasteiger partial charge in [-0.3, -0.25) is 4.99 Å². The lowest BCUT2D eigenvalue weighted by Gasteiger charge is -2.21. The molecule has 0 fully saturated rings. The molecule has 0 aliphatic rings. The molecular formula is C19H26IN5S. The molecule has 5 nitrogen and oxygen atoms in total. The van der Waals surface area contributed by atoms with Gasteiger partial charge in [0.1, 0.15) is 0 Å². The Labute approximate surface area is 176 Å². The van der Waals surface area contributed by atoms with Crippen LogP contribution in [0.2, 0.25) is 0 Å². The fourth-order valence-electron chi connectivity index (χ4n) is 3.00. The summed E-state index contributed by atoms with van der Waals surface area (Å²) in [6.45, 7) is 5.75. The number of fused-ring (bicyclic) bond motifs is 1. The first-order valence-corrected chi connectivity index (χ1v) is 9.34. The molecule has 3 rings (SSSR count). The molecule has 7 heteroatoms. The maximum atomic E-state index is 4.52. The molecular weight excluding hydrogens is 457 g/mol. The molecule has 0 radical (unpaired) electrons. The zero-order chi connectivity index (χ0) is 17.8. The second-order valence-electron chi connectivity index (χ2n) is 6.30. The first-order valence-electron chi connectivity index (χ1n) is 8.46. The third-order valence-electron chi connectivity index (χ3n) is 4.24. The zero-order valence-electron chi connectivity index (χ0n) is 15.7. The van der Waals surface area contributed by atoms with E-state index in [9.17, 15) is 0 Å². The van der Waals surface area contributed by atoms with E-state index in [4.69, 9.17) is 0 Å². The third-order valence-corrected chi connectivity index (χ3v) is 5.06. The molecule has 3 aromatic rings. The highest BCUT2D eigenvalue weighted by Crippen LogP contribution is 2.19. The van der Waals surface area contributed by atoms with Gasteiger partial charge in [-0.25, -0.2) is 4.98 Å². The third kappa shape index (κ3) is 4.97. The minimum absolute atomic E-state index is 0. The van der Waals surface area contributed by atoms with Crippen molar-refractivity contribution in [3.8, 4) is 0 Å². The summed E-state index contributed by atoms with van der Waals surface area (Å²) < 4.78 is 0. The van der Waals surface area contributed by atoms with E-state index in [0.29, 0.717) is 0 Å². The Kier molecular flexibility index (Phi) is 7.45. The van der Waals surface area contributed by atoms with Crippen LogP contribution < -0.4 is 5.32 Å². The Morgan fingerprint density at radius 2 is 2.15 bits per heavy atom. The van der Waals surface area contributed by atoms with E-state index in [1.807, 2.05) is 21.0 Å². The van der Waals surface area contributed by atoms with Crippen LogP contribution >= 0.6 is 35.3 Å². The molecule has 0 atom stereocenters. The van der Waals surface area contributed by atoms with Crippen LogP contribution in [0.5, 0.6) is 0 Å². The summed E-state index contributed by atoms with van der Waals surface area (Å²) in [6.07, 6.45) is 3.06. The van der Waals surface area contributed by atoms with Crippen LogP contribution in [0.15, 0.2) is 34.8 Å². The second kappa shape index (κ2) is 9.36. The highest BCUT2D eigenvalue weighted by atomic mass is 127. The van der Waals surface area contributed by atoms with Crippen molar-refractivity contribution < 1.29 is 0 Å². The number of nitrogens with one attached hydrogen (secondary N) is 2. The second-order valence-corrected chi connectivity index (χ2v) is 7.36. The fraction of sp³-hybridized carbons (Fsp3) is 0.368. The molecule has 26 heavy (non-hydrogen) atoms. The van der Waals surface area contributed by atoms with Crippen LogP contribution in [0.25, 0.3) is 10.9 Å². The van der Waals surface area contributed by atoms with Crippen LogP contribution in [0, 0.1) is 13.8 Å². The van der Waals surface area contributed by atoms with Gasteiger partial charge < -0.3 is 15.2 Å². The van der Waals surface area contributed by atoms with Gasteiger partial charge in [0.05, 0.1) is 17.2 Å². The van der Waals surface area contributed by atoms with E-state index in [1.165, 1.54) is 22.0 Å². The number of rotatable bonds is 5. The van der Waals surface area contributed by atoms with Crippen molar-refractivity contribution >= 4 is 52.2 Å². The number of aliphatic imine (C=N–C) groups is 1. The molecule has 1 aromatic carbocycles. The molecule has 0 amide bonds. The minimum atomic E-state index is 0. The zero-order valence-corrected chi connectivity index (χ0v) is 18.8. The topological polar surface area (TPSA) is 56.3 Å². The fourth-order valence-corrected chi connectivity index (χ4v) is 3.60. The highest BCUT2D eigenvalue weighted by molar-refractivity contribution is 14.0. The molecule has 0 spiro atoms. The Morgan fingerprint density at radius 3 is 2.85 bits per heavy atom. The highest BCUT2D eigenvalue weighted by Gasteiger charge is 2.09. The number of aromatic nitrogens is 2. The van der Waals surface area contributed by atoms with Crippen LogP contribution in [-0.4, -0.2) is 41.5 Å². The number of nitrogens with zero attached hydrogens (tertiary/aromatic N) is 3. The Morgan fingerprint density at radius 1 is 1.35 bits per heavy atom. The van der Waals surface area contributed by atoms with Gasteiger partial charge >= 0.3 is 0 Å². The largest absolute Gasteiger partial charge is 0.361 e. The lowest BCUT2D eigenvalue weighted by molar-refractivity contribution is 0.471. The number of hydrogen-bond acceptors (Lipinski definition) is 3. The summed E-state index contributed by atoms with van der Waals surface area (Å²) in [5, 5.41) is 7.95. The summed E-state index contributed by atoms with van der Waals surface area (Å²) in [7, 11) is 3.86. The molecule has 0 aliphatic carbocycles. The SMILES string of the molecule is CN=C(NCCc1c[nH]c2cc(C)ccc12)N(C)Cc1csc(C)n1.I. The van der Waals surface area contributed by atoms with Crippen molar-refractivity contribution in [1.82, 2.24) is 20.2 Å². The molecule has 0 aliphatic heterocycles. The molecule has 2 heterocycles. The summed E-state index contributed by atoms with van der Waals surface area (Å²) >= 11 is 1.68. The van der Waals surface area contributed by atoms with Gasteiger partial charge in [0, 0.05) is 43.1 Å². The van der Waals surface area contributed by atoms with Gasteiger partial charge in [0.2, 0.25) is 0 Å². The van der Waals surface area contributed by atoms with Crippen molar-refractivity contribution in [2.75, 3.05) is 20.6 Å². The van der Waals surface area contributed by atoms with Crippen molar-refractivity contribution in [1.29, 1.82) is 0 Å².